The zero-order chi connectivity index (χ0) is 17.4. The van der Waals surface area contributed by atoms with E-state index in [9.17, 15) is 15.0 Å². The minimum absolute atomic E-state index is 0.107. The lowest BCUT2D eigenvalue weighted by molar-refractivity contribution is -0.119. The molecule has 0 aromatic rings. The van der Waals surface area contributed by atoms with E-state index in [0.717, 1.165) is 6.16 Å². The van der Waals surface area contributed by atoms with Crippen molar-refractivity contribution >= 4 is 19.1 Å². The third kappa shape index (κ3) is 3.88. The summed E-state index contributed by atoms with van der Waals surface area (Å²) in [5.74, 6) is 2.09. The fraction of sp³-hybridized carbons (Fsp3) is 0.500. The van der Waals surface area contributed by atoms with E-state index in [1.54, 1.807) is 0 Å². The first-order valence-corrected chi connectivity index (χ1v) is 10.4. The van der Waals surface area contributed by atoms with E-state index in [0.29, 0.717) is 6.42 Å². The van der Waals surface area contributed by atoms with Crippen LogP contribution in [0.1, 0.15) is 6.42 Å². The number of aliphatic hydroxyl groups excluding tert-OH is 2. The lowest BCUT2D eigenvalue weighted by Gasteiger charge is -2.33. The second-order valence-corrected chi connectivity index (χ2v) is 10.8. The van der Waals surface area contributed by atoms with Crippen molar-refractivity contribution in [1.29, 1.82) is 0 Å². The molecule has 23 heavy (non-hydrogen) atoms. The van der Waals surface area contributed by atoms with Crippen LogP contribution in [0.15, 0.2) is 24.2 Å². The summed E-state index contributed by atoms with van der Waals surface area (Å²) in [4.78, 5) is 13.1. The molecular formula is C16H23N2O4P. The minimum atomic E-state index is -1.25. The van der Waals surface area contributed by atoms with E-state index >= 15 is 0 Å². The Balaban J connectivity index is 2.16. The average Bonchev–Trinajstić information content (AvgIpc) is 2.73. The van der Waals surface area contributed by atoms with Crippen LogP contribution in [0.2, 0.25) is 0 Å². The van der Waals surface area contributed by atoms with Crippen LogP contribution >= 0.6 is 6.89 Å². The van der Waals surface area contributed by atoms with E-state index in [1.165, 1.54) is 11.1 Å². The first-order valence-electron chi connectivity index (χ1n) is 7.30. The van der Waals surface area contributed by atoms with Gasteiger partial charge in [0.2, 0.25) is 0 Å². The topological polar surface area (TPSA) is 82.0 Å². The van der Waals surface area contributed by atoms with Gasteiger partial charge in [-0.05, 0) is 25.9 Å². The summed E-state index contributed by atoms with van der Waals surface area (Å²) in [6.07, 6.45) is 8.79. The molecule has 7 heteroatoms. The van der Waals surface area contributed by atoms with Crippen molar-refractivity contribution in [3.63, 3.8) is 0 Å². The molecule has 1 amide bonds. The Kier molecular flexibility index (Phi) is 5.07. The second kappa shape index (κ2) is 6.54. The molecular weight excluding hydrogens is 315 g/mol. The Morgan fingerprint density at radius 3 is 2.70 bits per heavy atom. The van der Waals surface area contributed by atoms with Gasteiger partial charge in [-0.15, -0.1) is 19.6 Å². The average molecular weight is 338 g/mol. The van der Waals surface area contributed by atoms with Crippen LogP contribution in [0.25, 0.3) is 0 Å². The fourth-order valence-corrected chi connectivity index (χ4v) is 3.50. The van der Waals surface area contributed by atoms with Crippen LogP contribution in [0, 0.1) is 12.3 Å². The Morgan fingerprint density at radius 1 is 1.48 bits per heavy atom. The van der Waals surface area contributed by atoms with Gasteiger partial charge in [0.15, 0.2) is 6.23 Å². The van der Waals surface area contributed by atoms with E-state index in [1.807, 2.05) is 0 Å². The highest BCUT2D eigenvalue weighted by Crippen LogP contribution is 2.38. The highest BCUT2D eigenvalue weighted by molar-refractivity contribution is 7.72. The molecule has 2 rings (SSSR count). The Bertz CT molecular complexity index is 630. The van der Waals surface area contributed by atoms with Crippen molar-refractivity contribution in [2.24, 2.45) is 0 Å². The molecule has 0 aromatic heterocycles. The molecule has 0 bridgehead atoms. The molecule has 6 nitrogen and oxygen atoms in total. The van der Waals surface area contributed by atoms with E-state index < -0.39 is 37.3 Å². The number of carbonyl (C=O) groups excluding carboxylic acids is 1. The van der Waals surface area contributed by atoms with Gasteiger partial charge in [0.25, 0.3) is 5.91 Å². The van der Waals surface area contributed by atoms with Gasteiger partial charge in [-0.2, -0.15) is 0 Å². The Labute approximate surface area is 136 Å². The molecule has 1 fully saturated rings. The minimum Gasteiger partial charge on any atom is -0.388 e. The van der Waals surface area contributed by atoms with Gasteiger partial charge in [0.1, 0.15) is 23.6 Å². The fourth-order valence-electron chi connectivity index (χ4n) is 2.54. The van der Waals surface area contributed by atoms with Crippen molar-refractivity contribution in [1.82, 2.24) is 10.2 Å². The number of hydrogen-bond acceptors (Lipinski definition) is 5. The molecule has 0 radical (unpaired) electrons. The summed E-state index contributed by atoms with van der Waals surface area (Å²) in [5.41, 5.74) is 0.107. The first-order chi connectivity index (χ1) is 10.6. The zero-order valence-electron chi connectivity index (χ0n) is 13.4. The number of nitrogens with zero attached hydrogens (tertiary/aromatic N) is 1. The van der Waals surface area contributed by atoms with Gasteiger partial charge in [-0.25, -0.2) is 0 Å². The smallest absolute Gasteiger partial charge is 0.266 e. The Morgan fingerprint density at radius 2 is 2.13 bits per heavy atom. The molecule has 4 atom stereocenters. The molecule has 0 spiro atoms. The highest BCUT2D eigenvalue weighted by atomic mass is 31.2. The summed E-state index contributed by atoms with van der Waals surface area (Å²) in [5, 5.41) is 23.0. The second-order valence-electron chi connectivity index (χ2n) is 6.49. The number of ether oxygens (including phenoxy) is 1. The predicted molar refractivity (Wildman–Crippen MR) is 92.1 cm³/mol. The first kappa shape index (κ1) is 17.8. The lowest BCUT2D eigenvalue weighted by Crippen LogP contribution is -2.47. The summed E-state index contributed by atoms with van der Waals surface area (Å²) >= 11 is 0. The van der Waals surface area contributed by atoms with Crippen LogP contribution in [0.3, 0.4) is 0 Å². The molecule has 1 unspecified atom stereocenters. The summed E-state index contributed by atoms with van der Waals surface area (Å²) in [6.45, 7) is 6.69. The summed E-state index contributed by atoms with van der Waals surface area (Å²) < 4.78 is 5.81. The maximum Gasteiger partial charge on any atom is 0.266 e. The van der Waals surface area contributed by atoms with Gasteiger partial charge >= 0.3 is 0 Å². The number of terminal acetylenes is 1. The number of carbonyl (C=O) groups is 1. The maximum atomic E-state index is 11.7. The van der Waals surface area contributed by atoms with Crippen LogP contribution in [-0.4, -0.2) is 71.4 Å². The predicted octanol–water partition coefficient (Wildman–Crippen LogP) is -0.0475. The normalized spacial score (nSPS) is 31.6. The molecule has 0 aliphatic carbocycles. The van der Waals surface area contributed by atoms with E-state index in [4.69, 9.17) is 11.2 Å². The van der Waals surface area contributed by atoms with Crippen LogP contribution in [-0.2, 0) is 9.53 Å². The van der Waals surface area contributed by atoms with E-state index in [2.05, 4.69) is 37.4 Å². The number of nitrogens with one attached hydrogen (secondary N) is 1. The van der Waals surface area contributed by atoms with Gasteiger partial charge < -0.3 is 25.2 Å². The van der Waals surface area contributed by atoms with Crippen molar-refractivity contribution in [3.8, 4) is 12.3 Å². The molecule has 2 aliphatic rings. The van der Waals surface area contributed by atoms with Gasteiger partial charge in [0, 0.05) is 6.20 Å². The van der Waals surface area contributed by atoms with Crippen molar-refractivity contribution < 1.29 is 19.7 Å². The molecule has 0 saturated carbocycles. The molecule has 126 valence electrons. The SMILES string of the molecule is C#CC1=CN(C2O[C@H](CCP(=C)(C)C)[C@@H](O)[C@H]2O)C(=C)NC1=O. The highest BCUT2D eigenvalue weighted by Gasteiger charge is 2.46. The van der Waals surface area contributed by atoms with Crippen LogP contribution in [0.4, 0.5) is 0 Å². The molecule has 3 N–H and O–H groups in total. The monoisotopic (exact) mass is 338 g/mol. The maximum absolute atomic E-state index is 11.7. The van der Waals surface area contributed by atoms with Gasteiger partial charge in [0.05, 0.1) is 6.10 Å². The van der Waals surface area contributed by atoms with Crippen molar-refractivity contribution in [3.05, 3.63) is 24.2 Å². The quantitative estimate of drug-likeness (QED) is 0.495. The van der Waals surface area contributed by atoms with Crippen molar-refractivity contribution in [2.75, 3.05) is 19.5 Å². The number of rotatable bonds is 4. The van der Waals surface area contributed by atoms with Gasteiger partial charge in [-0.3, -0.25) is 4.79 Å². The molecule has 0 aromatic carbocycles. The van der Waals surface area contributed by atoms with Crippen LogP contribution in [0.5, 0.6) is 0 Å². The van der Waals surface area contributed by atoms with Crippen molar-refractivity contribution in [2.45, 2.75) is 31.0 Å². The third-order valence-electron chi connectivity index (χ3n) is 3.87. The summed E-state index contributed by atoms with van der Waals surface area (Å²) in [7, 11) is 0. The number of aliphatic hydroxyl groups is 2. The molecule has 2 heterocycles. The Hall–Kier alpha value is -1.51. The largest absolute Gasteiger partial charge is 0.388 e. The van der Waals surface area contributed by atoms with Gasteiger partial charge in [-0.1, -0.05) is 12.5 Å². The number of amides is 1. The molecule has 2 aliphatic heterocycles. The molecule has 1 saturated heterocycles. The lowest BCUT2D eigenvalue weighted by atomic mass is 10.1. The third-order valence-corrected chi connectivity index (χ3v) is 5.34. The van der Waals surface area contributed by atoms with E-state index in [-0.39, 0.29) is 11.4 Å². The zero-order valence-corrected chi connectivity index (χ0v) is 14.3. The van der Waals surface area contributed by atoms with Crippen LogP contribution < -0.4 is 5.32 Å². The standard InChI is InChI=1S/C16H23N2O4P/c1-6-11-9-18(10(2)17-15(11)21)16-14(20)13(19)12(22-16)7-8-23(3,4)5/h1,9,12-14,16,19-20H,2-3,7-8H2,4-5H3,(H,17,21)/t12-,13-,14-,16?/m1/s1. The summed E-state index contributed by atoms with van der Waals surface area (Å²) in [6, 6.07) is 0. The number of hydrogen-bond donors (Lipinski definition) is 3.